The van der Waals surface area contributed by atoms with Gasteiger partial charge in [0.15, 0.2) is 5.01 Å². The number of aromatic amines is 1. The van der Waals surface area contributed by atoms with Crippen LogP contribution in [0.3, 0.4) is 0 Å². The summed E-state index contributed by atoms with van der Waals surface area (Å²) < 4.78 is 0. The van der Waals surface area contributed by atoms with E-state index in [2.05, 4.69) is 31.9 Å². The highest BCUT2D eigenvalue weighted by Gasteiger charge is 2.13. The lowest BCUT2D eigenvalue weighted by molar-refractivity contribution is 0.249. The van der Waals surface area contributed by atoms with Crippen LogP contribution in [0.2, 0.25) is 0 Å². The number of nitrogens with zero attached hydrogens (tertiary/aromatic N) is 2. The van der Waals surface area contributed by atoms with Gasteiger partial charge in [0.25, 0.3) is 0 Å². The summed E-state index contributed by atoms with van der Waals surface area (Å²) in [6.45, 7) is 1.95. The molecule has 0 unspecified atom stereocenters. The molecule has 25 heavy (non-hydrogen) atoms. The molecule has 3 aromatic heterocycles. The summed E-state index contributed by atoms with van der Waals surface area (Å²) >= 11 is 2.95. The van der Waals surface area contributed by atoms with Gasteiger partial charge in [0.2, 0.25) is 5.13 Å². The van der Waals surface area contributed by atoms with Gasteiger partial charge in [0.1, 0.15) is 0 Å². The van der Waals surface area contributed by atoms with E-state index >= 15 is 0 Å². The Kier molecular flexibility index (Phi) is 4.21. The van der Waals surface area contributed by atoms with Gasteiger partial charge in [0, 0.05) is 11.7 Å². The summed E-state index contributed by atoms with van der Waals surface area (Å²) in [6.07, 6.45) is 1.90. The van der Waals surface area contributed by atoms with Crippen LogP contribution in [0.25, 0.3) is 20.8 Å². The molecule has 0 fully saturated rings. The van der Waals surface area contributed by atoms with Crippen molar-refractivity contribution >= 4 is 44.7 Å². The number of hydrogen-bond donors (Lipinski definition) is 3. The molecule has 1 atom stereocenters. The number of rotatable bonds is 4. The fraction of sp³-hybridized carbons (Fsp3) is 0.118. The minimum absolute atomic E-state index is 0.121. The molecule has 0 bridgehead atoms. The average Bonchev–Trinajstić information content (AvgIpc) is 3.34. The van der Waals surface area contributed by atoms with Gasteiger partial charge in [-0.1, -0.05) is 23.5 Å². The number of urea groups is 1. The van der Waals surface area contributed by atoms with Gasteiger partial charge in [-0.25, -0.2) is 4.79 Å². The van der Waals surface area contributed by atoms with Crippen molar-refractivity contribution in [1.29, 1.82) is 0 Å². The number of fused-ring (bicyclic) bond motifs is 1. The predicted molar refractivity (Wildman–Crippen MR) is 102 cm³/mol. The molecule has 3 heterocycles. The van der Waals surface area contributed by atoms with Crippen LogP contribution in [0, 0.1) is 0 Å². The fourth-order valence-corrected chi connectivity index (χ4v) is 4.06. The first-order valence-corrected chi connectivity index (χ1v) is 9.40. The van der Waals surface area contributed by atoms with Crippen molar-refractivity contribution in [3.05, 3.63) is 53.5 Å². The lowest BCUT2D eigenvalue weighted by Crippen LogP contribution is -2.31. The fourth-order valence-electron chi connectivity index (χ4n) is 2.53. The molecular weight excluding hydrogens is 354 g/mol. The molecule has 126 valence electrons. The first-order chi connectivity index (χ1) is 12.2. The number of carbonyl (C=O) groups excluding carboxylic acids is 1. The topological polar surface area (TPSA) is 82.7 Å². The number of anilines is 1. The second kappa shape index (κ2) is 6.66. The molecule has 0 radical (unpaired) electrons. The van der Waals surface area contributed by atoms with Crippen molar-refractivity contribution in [3.63, 3.8) is 0 Å². The zero-order chi connectivity index (χ0) is 17.2. The summed E-state index contributed by atoms with van der Waals surface area (Å²) in [5.41, 5.74) is 2.12. The van der Waals surface area contributed by atoms with Crippen molar-refractivity contribution in [1.82, 2.24) is 20.5 Å². The Bertz CT molecular complexity index is 1010. The van der Waals surface area contributed by atoms with Crippen LogP contribution in [0.15, 0.2) is 48.0 Å². The number of hydrogen-bond acceptors (Lipinski definition) is 5. The largest absolute Gasteiger partial charge is 0.361 e. The van der Waals surface area contributed by atoms with Crippen molar-refractivity contribution in [2.75, 3.05) is 5.32 Å². The van der Waals surface area contributed by atoms with Gasteiger partial charge in [-0.2, -0.15) is 0 Å². The number of thiophene rings is 1. The van der Waals surface area contributed by atoms with Gasteiger partial charge in [0.05, 0.1) is 10.9 Å². The van der Waals surface area contributed by atoms with Crippen LogP contribution in [-0.2, 0) is 0 Å². The maximum absolute atomic E-state index is 12.2. The number of carbonyl (C=O) groups is 1. The van der Waals surface area contributed by atoms with E-state index in [1.807, 2.05) is 48.8 Å². The predicted octanol–water partition coefficient (Wildman–Crippen LogP) is 4.63. The molecule has 0 saturated carbocycles. The van der Waals surface area contributed by atoms with Gasteiger partial charge in [-0.3, -0.25) is 5.32 Å². The van der Waals surface area contributed by atoms with Crippen LogP contribution >= 0.6 is 22.7 Å². The lowest BCUT2D eigenvalue weighted by Gasteiger charge is -2.14. The Balaban J connectivity index is 1.41. The van der Waals surface area contributed by atoms with E-state index in [0.717, 1.165) is 26.4 Å². The van der Waals surface area contributed by atoms with E-state index in [0.29, 0.717) is 5.13 Å². The molecule has 0 aliphatic heterocycles. The second-order valence-corrected chi connectivity index (χ2v) is 7.46. The molecule has 1 aromatic carbocycles. The molecule has 0 spiro atoms. The van der Waals surface area contributed by atoms with Crippen LogP contribution in [0.1, 0.15) is 18.5 Å². The molecule has 0 aliphatic carbocycles. The number of aromatic nitrogens is 3. The first-order valence-electron chi connectivity index (χ1n) is 7.71. The number of amides is 2. The third kappa shape index (κ3) is 3.40. The standard InChI is InChI=1S/C17H15N5OS2/c1-10(11-4-5-13-12(9-11)6-7-18-13)19-16(23)20-17-22-21-15(25-17)14-3-2-8-24-14/h2-10,18H,1H3,(H2,19,20,22,23)/t10-/m1/s1. The zero-order valence-corrected chi connectivity index (χ0v) is 14.9. The molecule has 4 rings (SSSR count). The Morgan fingerprint density at radius 1 is 1.24 bits per heavy atom. The summed E-state index contributed by atoms with van der Waals surface area (Å²) in [7, 11) is 0. The minimum Gasteiger partial charge on any atom is -0.361 e. The van der Waals surface area contributed by atoms with Crippen LogP contribution < -0.4 is 10.6 Å². The Hall–Kier alpha value is -2.71. The summed E-state index contributed by atoms with van der Waals surface area (Å²) in [6, 6.07) is 11.6. The number of nitrogens with one attached hydrogen (secondary N) is 3. The van der Waals surface area contributed by atoms with E-state index in [4.69, 9.17) is 0 Å². The number of H-pyrrole nitrogens is 1. The SMILES string of the molecule is C[C@@H](NC(=O)Nc1nnc(-c2cccs2)s1)c1ccc2[nH]ccc2c1. The summed E-state index contributed by atoms with van der Waals surface area (Å²) in [5, 5.41) is 18.2. The Morgan fingerprint density at radius 2 is 2.16 bits per heavy atom. The molecular formula is C17H15N5OS2. The highest BCUT2D eigenvalue weighted by Crippen LogP contribution is 2.29. The molecule has 0 saturated heterocycles. The quantitative estimate of drug-likeness (QED) is 0.490. The third-order valence-corrected chi connectivity index (χ3v) is 5.68. The van der Waals surface area contributed by atoms with Crippen LogP contribution in [-0.4, -0.2) is 21.2 Å². The van der Waals surface area contributed by atoms with E-state index in [9.17, 15) is 4.79 Å². The molecule has 3 N–H and O–H groups in total. The van der Waals surface area contributed by atoms with Crippen molar-refractivity contribution in [3.8, 4) is 9.88 Å². The van der Waals surface area contributed by atoms with Crippen LogP contribution in [0.5, 0.6) is 0 Å². The van der Waals surface area contributed by atoms with Crippen LogP contribution in [0.4, 0.5) is 9.93 Å². The maximum Gasteiger partial charge on any atom is 0.321 e. The molecule has 8 heteroatoms. The Morgan fingerprint density at radius 3 is 3.00 bits per heavy atom. The smallest absolute Gasteiger partial charge is 0.321 e. The van der Waals surface area contributed by atoms with Gasteiger partial charge >= 0.3 is 6.03 Å². The average molecular weight is 369 g/mol. The highest BCUT2D eigenvalue weighted by molar-refractivity contribution is 7.23. The first kappa shape index (κ1) is 15.8. The Labute approximate surface area is 151 Å². The molecule has 6 nitrogen and oxygen atoms in total. The van der Waals surface area contributed by atoms with Gasteiger partial charge in [-0.15, -0.1) is 21.5 Å². The maximum atomic E-state index is 12.2. The summed E-state index contributed by atoms with van der Waals surface area (Å²) in [4.78, 5) is 16.4. The lowest BCUT2D eigenvalue weighted by atomic mass is 10.1. The molecule has 2 amide bonds. The van der Waals surface area contributed by atoms with E-state index in [1.54, 1.807) is 11.3 Å². The van der Waals surface area contributed by atoms with Gasteiger partial charge in [-0.05, 0) is 47.5 Å². The summed E-state index contributed by atoms with van der Waals surface area (Å²) in [5.74, 6) is 0. The van der Waals surface area contributed by atoms with Crippen molar-refractivity contribution in [2.45, 2.75) is 13.0 Å². The van der Waals surface area contributed by atoms with E-state index in [-0.39, 0.29) is 12.1 Å². The third-order valence-electron chi connectivity index (χ3n) is 3.80. The molecule has 0 aliphatic rings. The van der Waals surface area contributed by atoms with Gasteiger partial charge < -0.3 is 10.3 Å². The van der Waals surface area contributed by atoms with E-state index < -0.39 is 0 Å². The number of benzene rings is 1. The molecule has 4 aromatic rings. The minimum atomic E-state index is -0.296. The van der Waals surface area contributed by atoms with Crippen molar-refractivity contribution in [2.24, 2.45) is 0 Å². The zero-order valence-electron chi connectivity index (χ0n) is 13.3. The van der Waals surface area contributed by atoms with Crippen molar-refractivity contribution < 1.29 is 4.79 Å². The second-order valence-electron chi connectivity index (χ2n) is 5.53. The van der Waals surface area contributed by atoms with E-state index in [1.165, 1.54) is 11.3 Å². The highest BCUT2D eigenvalue weighted by atomic mass is 32.1. The normalized spacial score (nSPS) is 12.2. The monoisotopic (exact) mass is 369 g/mol.